The number of fused-ring (bicyclic) bond motifs is 1. The van der Waals surface area contributed by atoms with Gasteiger partial charge in [0.05, 0.1) is 17.6 Å². The van der Waals surface area contributed by atoms with Crippen molar-refractivity contribution in [2.75, 3.05) is 18.4 Å². The first-order valence-corrected chi connectivity index (χ1v) is 11.9. The van der Waals surface area contributed by atoms with Crippen molar-refractivity contribution in [3.63, 3.8) is 0 Å². The Labute approximate surface area is 213 Å². The number of aldehydes is 1. The van der Waals surface area contributed by atoms with Crippen LogP contribution in [-0.2, 0) is 29.7 Å². The molecule has 2 heterocycles. The molecule has 36 heavy (non-hydrogen) atoms. The SMILES string of the molecule is Cn1c(CN2CC=C(/C(=C/C=C\C=O)NCc3ccc(Cl)cc3F)CC2)nc2cc(NC=O)ccc21. The molecular formula is C27H27ClFN5O2. The van der Waals surface area contributed by atoms with Gasteiger partial charge in [-0.2, -0.15) is 0 Å². The van der Waals surface area contributed by atoms with E-state index in [0.717, 1.165) is 53.9 Å². The number of benzene rings is 2. The molecule has 0 saturated carbocycles. The second kappa shape index (κ2) is 11.8. The zero-order valence-corrected chi connectivity index (χ0v) is 20.6. The summed E-state index contributed by atoms with van der Waals surface area (Å²) < 4.78 is 16.3. The molecule has 2 aromatic carbocycles. The lowest BCUT2D eigenvalue weighted by atomic mass is 10.0. The molecular weight excluding hydrogens is 481 g/mol. The van der Waals surface area contributed by atoms with E-state index in [-0.39, 0.29) is 5.82 Å². The second-order valence-corrected chi connectivity index (χ2v) is 8.89. The van der Waals surface area contributed by atoms with Crippen molar-refractivity contribution >= 4 is 41.0 Å². The Kier molecular flexibility index (Phi) is 8.30. The van der Waals surface area contributed by atoms with Gasteiger partial charge in [0.25, 0.3) is 0 Å². The molecule has 9 heteroatoms. The number of halogens is 2. The van der Waals surface area contributed by atoms with Gasteiger partial charge in [-0.3, -0.25) is 14.5 Å². The Morgan fingerprint density at radius 1 is 1.19 bits per heavy atom. The molecule has 1 aromatic heterocycles. The van der Waals surface area contributed by atoms with Gasteiger partial charge >= 0.3 is 0 Å². The first-order chi connectivity index (χ1) is 17.5. The number of amides is 1. The summed E-state index contributed by atoms with van der Waals surface area (Å²) in [6, 6.07) is 10.3. The number of hydrogen-bond acceptors (Lipinski definition) is 5. The summed E-state index contributed by atoms with van der Waals surface area (Å²) in [5, 5.41) is 6.32. The van der Waals surface area contributed by atoms with Gasteiger partial charge in [-0.15, -0.1) is 0 Å². The minimum atomic E-state index is -0.363. The highest BCUT2D eigenvalue weighted by atomic mass is 35.5. The summed E-state index contributed by atoms with van der Waals surface area (Å²) in [4.78, 5) is 28.5. The number of nitrogens with one attached hydrogen (secondary N) is 2. The molecule has 0 unspecified atom stereocenters. The topological polar surface area (TPSA) is 79.3 Å². The normalized spacial score (nSPS) is 14.8. The molecule has 0 aliphatic carbocycles. The Hall–Kier alpha value is -3.75. The fourth-order valence-electron chi connectivity index (χ4n) is 4.18. The number of imidazole rings is 1. The Morgan fingerprint density at radius 3 is 2.78 bits per heavy atom. The van der Waals surface area contributed by atoms with Crippen LogP contribution in [0.3, 0.4) is 0 Å². The van der Waals surface area contributed by atoms with Gasteiger partial charge in [0.2, 0.25) is 6.41 Å². The van der Waals surface area contributed by atoms with Crippen molar-refractivity contribution < 1.29 is 14.0 Å². The van der Waals surface area contributed by atoms with E-state index in [1.807, 2.05) is 31.3 Å². The number of hydrogen-bond donors (Lipinski definition) is 2. The lowest BCUT2D eigenvalue weighted by molar-refractivity contribution is -0.105. The molecule has 186 valence electrons. The minimum absolute atomic E-state index is 0.297. The van der Waals surface area contributed by atoms with Gasteiger partial charge in [-0.25, -0.2) is 9.37 Å². The van der Waals surface area contributed by atoms with Crippen LogP contribution in [0.4, 0.5) is 10.1 Å². The number of rotatable bonds is 10. The Balaban J connectivity index is 1.45. The van der Waals surface area contributed by atoms with E-state index in [4.69, 9.17) is 16.6 Å². The predicted molar refractivity (Wildman–Crippen MR) is 140 cm³/mol. The number of carbonyl (C=O) groups excluding carboxylic acids is 2. The Bertz CT molecular complexity index is 1360. The van der Waals surface area contributed by atoms with E-state index in [0.29, 0.717) is 35.8 Å². The molecule has 1 aliphatic rings. The van der Waals surface area contributed by atoms with Crippen molar-refractivity contribution in [3.8, 4) is 0 Å². The number of nitrogens with zero attached hydrogens (tertiary/aromatic N) is 3. The highest BCUT2D eigenvalue weighted by Gasteiger charge is 2.18. The summed E-state index contributed by atoms with van der Waals surface area (Å²) in [5.74, 6) is 0.573. The maximum atomic E-state index is 14.2. The quantitative estimate of drug-likeness (QED) is 0.240. The molecule has 0 saturated heterocycles. The largest absolute Gasteiger partial charge is 0.381 e. The Morgan fingerprint density at radius 2 is 2.06 bits per heavy atom. The molecule has 0 spiro atoms. The summed E-state index contributed by atoms with van der Waals surface area (Å²) >= 11 is 5.86. The van der Waals surface area contributed by atoms with Gasteiger partial charge in [-0.05, 0) is 54.5 Å². The monoisotopic (exact) mass is 507 g/mol. The van der Waals surface area contributed by atoms with Gasteiger partial charge in [-0.1, -0.05) is 29.8 Å². The molecule has 1 amide bonds. The van der Waals surface area contributed by atoms with Crippen LogP contribution in [0.2, 0.25) is 5.02 Å². The third-order valence-electron chi connectivity index (χ3n) is 6.14. The third kappa shape index (κ3) is 6.08. The van der Waals surface area contributed by atoms with Crippen molar-refractivity contribution in [1.82, 2.24) is 19.8 Å². The van der Waals surface area contributed by atoms with Crippen LogP contribution in [0, 0.1) is 5.82 Å². The fraction of sp³-hybridized carbons (Fsp3) is 0.222. The highest BCUT2D eigenvalue weighted by Crippen LogP contribution is 2.23. The minimum Gasteiger partial charge on any atom is -0.381 e. The zero-order chi connectivity index (χ0) is 25.5. The number of aryl methyl sites for hydroxylation is 1. The van der Waals surface area contributed by atoms with Gasteiger partial charge in [0.15, 0.2) is 0 Å². The van der Waals surface area contributed by atoms with Crippen LogP contribution in [0.1, 0.15) is 17.8 Å². The maximum absolute atomic E-state index is 14.2. The van der Waals surface area contributed by atoms with E-state index < -0.39 is 0 Å². The second-order valence-electron chi connectivity index (χ2n) is 8.46. The summed E-state index contributed by atoms with van der Waals surface area (Å²) in [6.45, 7) is 2.52. The average molecular weight is 508 g/mol. The molecule has 1 aliphatic heterocycles. The smallest absolute Gasteiger partial charge is 0.211 e. The molecule has 2 N–H and O–H groups in total. The molecule has 0 bridgehead atoms. The van der Waals surface area contributed by atoms with Crippen LogP contribution < -0.4 is 10.6 Å². The number of anilines is 1. The summed E-state index contributed by atoms with van der Waals surface area (Å²) in [6.07, 6.45) is 9.23. The number of carbonyl (C=O) groups is 2. The van der Waals surface area contributed by atoms with Crippen molar-refractivity contribution in [1.29, 1.82) is 0 Å². The molecule has 4 rings (SSSR count). The molecule has 0 radical (unpaired) electrons. The van der Waals surface area contributed by atoms with Crippen LogP contribution in [0.5, 0.6) is 0 Å². The zero-order valence-electron chi connectivity index (χ0n) is 19.9. The van der Waals surface area contributed by atoms with Crippen molar-refractivity contribution in [2.45, 2.75) is 19.5 Å². The molecule has 7 nitrogen and oxygen atoms in total. The fourth-order valence-corrected chi connectivity index (χ4v) is 4.34. The van der Waals surface area contributed by atoms with Crippen LogP contribution in [-0.4, -0.2) is 40.2 Å². The molecule has 3 aromatic rings. The van der Waals surface area contributed by atoms with E-state index in [9.17, 15) is 14.0 Å². The van der Waals surface area contributed by atoms with Crippen LogP contribution in [0.15, 0.2) is 72.0 Å². The first kappa shape index (κ1) is 25.3. The van der Waals surface area contributed by atoms with E-state index in [1.165, 1.54) is 12.1 Å². The molecule has 0 fully saturated rings. The lowest BCUT2D eigenvalue weighted by Crippen LogP contribution is -2.31. The predicted octanol–water partition coefficient (Wildman–Crippen LogP) is 4.50. The lowest BCUT2D eigenvalue weighted by Gasteiger charge is -2.27. The number of allylic oxidation sites excluding steroid dienone is 4. The third-order valence-corrected chi connectivity index (χ3v) is 6.38. The molecule has 0 atom stereocenters. The first-order valence-electron chi connectivity index (χ1n) is 11.6. The van der Waals surface area contributed by atoms with Gasteiger partial charge < -0.3 is 15.2 Å². The van der Waals surface area contributed by atoms with E-state index in [1.54, 1.807) is 18.2 Å². The number of aromatic nitrogens is 2. The standard InChI is InChI=1S/C27H27ClFN5O2/c1-33-26-8-7-22(31-18-36)15-25(26)32-27(33)17-34-11-9-19(10-12-34)24(4-2-3-13-35)30-16-20-5-6-21(28)14-23(20)29/h2-9,13-15,18,30H,10-12,16-17H2,1H3,(H,31,36)/b3-2-,24-4-. The maximum Gasteiger partial charge on any atom is 0.211 e. The van der Waals surface area contributed by atoms with Crippen LogP contribution >= 0.6 is 11.6 Å². The van der Waals surface area contributed by atoms with Crippen molar-refractivity contribution in [3.05, 3.63) is 94.2 Å². The summed E-state index contributed by atoms with van der Waals surface area (Å²) in [5.41, 5.74) is 5.00. The highest BCUT2D eigenvalue weighted by molar-refractivity contribution is 6.30. The van der Waals surface area contributed by atoms with Crippen molar-refractivity contribution in [2.24, 2.45) is 7.05 Å². The van der Waals surface area contributed by atoms with E-state index >= 15 is 0 Å². The van der Waals surface area contributed by atoms with Crippen LogP contribution in [0.25, 0.3) is 11.0 Å². The summed E-state index contributed by atoms with van der Waals surface area (Å²) in [7, 11) is 1.99. The van der Waals surface area contributed by atoms with Gasteiger partial charge in [0, 0.05) is 48.7 Å². The average Bonchev–Trinajstić information content (AvgIpc) is 3.17. The van der Waals surface area contributed by atoms with Gasteiger partial charge in [0.1, 0.15) is 17.9 Å². The van der Waals surface area contributed by atoms with E-state index in [2.05, 4.69) is 26.2 Å².